The maximum absolute atomic E-state index is 12.8. The maximum atomic E-state index is 12.8. The molecular formula is C13H6F3N3O2. The summed E-state index contributed by atoms with van der Waals surface area (Å²) in [5.74, 6) is 0. The molecule has 0 radical (unpaired) electrons. The predicted molar refractivity (Wildman–Crippen MR) is 68.7 cm³/mol. The largest absolute Gasteiger partial charge is 0.433 e. The standard InChI is InChI=1S/C13H6F3N3O2/c14-13(15,16)10-4-3-8-9(19(20)21)6-7-2-1-5-17-11(7)12(8)18-10/h1-6H. The van der Waals surface area contributed by atoms with Crippen molar-refractivity contribution < 1.29 is 18.1 Å². The minimum atomic E-state index is -4.63. The van der Waals surface area contributed by atoms with E-state index in [1.807, 2.05) is 0 Å². The number of aromatic nitrogens is 2. The second-order valence-electron chi connectivity index (χ2n) is 4.32. The van der Waals surface area contributed by atoms with Gasteiger partial charge in [-0.2, -0.15) is 13.2 Å². The minimum Gasteiger partial charge on any atom is -0.258 e. The predicted octanol–water partition coefficient (Wildman–Crippen LogP) is 3.71. The summed E-state index contributed by atoms with van der Waals surface area (Å²) in [7, 11) is 0. The van der Waals surface area contributed by atoms with Crippen LogP contribution in [0.25, 0.3) is 21.8 Å². The Morgan fingerprint density at radius 1 is 1.14 bits per heavy atom. The van der Waals surface area contributed by atoms with Crippen LogP contribution in [0.3, 0.4) is 0 Å². The highest BCUT2D eigenvalue weighted by Crippen LogP contribution is 2.34. The monoisotopic (exact) mass is 293 g/mol. The SMILES string of the molecule is O=[N+]([O-])c1cc2cccnc2c2nc(C(F)(F)F)ccc12. The Balaban J connectivity index is 2.48. The average Bonchev–Trinajstić information content (AvgIpc) is 2.44. The van der Waals surface area contributed by atoms with Crippen LogP contribution < -0.4 is 0 Å². The Kier molecular flexibility index (Phi) is 2.75. The van der Waals surface area contributed by atoms with Crippen molar-refractivity contribution >= 4 is 27.5 Å². The summed E-state index contributed by atoms with van der Waals surface area (Å²) in [5, 5.41) is 11.5. The van der Waals surface area contributed by atoms with Gasteiger partial charge in [-0.15, -0.1) is 0 Å². The van der Waals surface area contributed by atoms with Crippen LogP contribution in [0.2, 0.25) is 0 Å². The van der Waals surface area contributed by atoms with Gasteiger partial charge in [-0.3, -0.25) is 15.1 Å². The van der Waals surface area contributed by atoms with Gasteiger partial charge in [-0.05, 0) is 18.2 Å². The summed E-state index contributed by atoms with van der Waals surface area (Å²) in [5.41, 5.74) is -1.34. The van der Waals surface area contributed by atoms with Gasteiger partial charge in [-0.1, -0.05) is 6.07 Å². The summed E-state index contributed by atoms with van der Waals surface area (Å²) in [4.78, 5) is 17.9. The van der Waals surface area contributed by atoms with Gasteiger partial charge in [0.2, 0.25) is 0 Å². The fourth-order valence-corrected chi connectivity index (χ4v) is 2.11. The minimum absolute atomic E-state index is 0.0270. The van der Waals surface area contributed by atoms with Gasteiger partial charge in [0.05, 0.1) is 15.8 Å². The summed E-state index contributed by atoms with van der Waals surface area (Å²) in [6, 6.07) is 6.14. The van der Waals surface area contributed by atoms with Crippen LogP contribution in [0.15, 0.2) is 36.5 Å². The third-order valence-corrected chi connectivity index (χ3v) is 3.01. The van der Waals surface area contributed by atoms with Crippen molar-refractivity contribution in [1.29, 1.82) is 0 Å². The van der Waals surface area contributed by atoms with Crippen LogP contribution in [0, 0.1) is 10.1 Å². The number of fused-ring (bicyclic) bond motifs is 3. The first-order chi connectivity index (χ1) is 9.88. The molecule has 0 atom stereocenters. The number of benzene rings is 1. The maximum Gasteiger partial charge on any atom is 0.433 e. The molecule has 0 bridgehead atoms. The first-order valence-corrected chi connectivity index (χ1v) is 5.78. The number of nitro benzene ring substituents is 1. The number of nitrogens with zero attached hydrogens (tertiary/aromatic N) is 3. The van der Waals surface area contributed by atoms with Crippen molar-refractivity contribution in [2.24, 2.45) is 0 Å². The summed E-state index contributed by atoms with van der Waals surface area (Å²) >= 11 is 0. The molecule has 0 fully saturated rings. The molecule has 21 heavy (non-hydrogen) atoms. The number of pyridine rings is 2. The number of rotatable bonds is 1. The highest BCUT2D eigenvalue weighted by molar-refractivity contribution is 6.07. The van der Waals surface area contributed by atoms with Crippen molar-refractivity contribution in [1.82, 2.24) is 9.97 Å². The van der Waals surface area contributed by atoms with E-state index in [1.165, 1.54) is 18.3 Å². The average molecular weight is 293 g/mol. The third kappa shape index (κ3) is 2.14. The number of hydrogen-bond acceptors (Lipinski definition) is 4. The molecule has 0 N–H and O–H groups in total. The van der Waals surface area contributed by atoms with Gasteiger partial charge in [0.1, 0.15) is 11.2 Å². The molecule has 1 aromatic carbocycles. The van der Waals surface area contributed by atoms with Crippen molar-refractivity contribution in [3.63, 3.8) is 0 Å². The molecule has 2 aromatic heterocycles. The Morgan fingerprint density at radius 2 is 1.90 bits per heavy atom. The molecule has 8 heteroatoms. The van der Waals surface area contributed by atoms with Crippen LogP contribution in [-0.2, 0) is 6.18 Å². The van der Waals surface area contributed by atoms with Crippen LogP contribution in [0.5, 0.6) is 0 Å². The number of alkyl halides is 3. The van der Waals surface area contributed by atoms with E-state index in [0.717, 1.165) is 12.1 Å². The highest BCUT2D eigenvalue weighted by Gasteiger charge is 2.33. The zero-order valence-corrected chi connectivity index (χ0v) is 10.3. The highest BCUT2D eigenvalue weighted by atomic mass is 19.4. The molecule has 0 aliphatic rings. The number of halogens is 3. The van der Waals surface area contributed by atoms with E-state index in [9.17, 15) is 23.3 Å². The molecule has 0 aliphatic carbocycles. The van der Waals surface area contributed by atoms with Gasteiger partial charge in [0, 0.05) is 17.6 Å². The molecule has 106 valence electrons. The first kappa shape index (κ1) is 13.2. The van der Waals surface area contributed by atoms with E-state index < -0.39 is 16.8 Å². The van der Waals surface area contributed by atoms with Gasteiger partial charge in [-0.25, -0.2) is 4.98 Å². The molecule has 0 spiro atoms. The van der Waals surface area contributed by atoms with Gasteiger partial charge >= 0.3 is 6.18 Å². The molecule has 2 heterocycles. The van der Waals surface area contributed by atoms with Crippen molar-refractivity contribution in [2.75, 3.05) is 0 Å². The summed E-state index contributed by atoms with van der Waals surface area (Å²) < 4.78 is 38.3. The number of nitro groups is 1. The third-order valence-electron chi connectivity index (χ3n) is 3.01. The van der Waals surface area contributed by atoms with Crippen LogP contribution in [0.1, 0.15) is 5.69 Å². The van der Waals surface area contributed by atoms with Crippen molar-refractivity contribution in [3.05, 3.63) is 52.3 Å². The molecule has 0 amide bonds. The van der Waals surface area contributed by atoms with E-state index in [1.54, 1.807) is 6.07 Å². The Bertz CT molecular complexity index is 878. The Hall–Kier alpha value is -2.77. The molecule has 3 aromatic rings. The van der Waals surface area contributed by atoms with E-state index >= 15 is 0 Å². The smallest absolute Gasteiger partial charge is 0.258 e. The fourth-order valence-electron chi connectivity index (χ4n) is 2.11. The van der Waals surface area contributed by atoms with Crippen molar-refractivity contribution in [3.8, 4) is 0 Å². The summed E-state index contributed by atoms with van der Waals surface area (Å²) in [6.07, 6.45) is -3.23. The molecule has 3 rings (SSSR count). The normalized spacial score (nSPS) is 12.0. The second kappa shape index (κ2) is 4.37. The zero-order chi connectivity index (χ0) is 15.2. The van der Waals surface area contributed by atoms with Crippen LogP contribution >= 0.6 is 0 Å². The lowest BCUT2D eigenvalue weighted by atomic mass is 10.1. The molecule has 0 saturated carbocycles. The van der Waals surface area contributed by atoms with Crippen LogP contribution in [0.4, 0.5) is 18.9 Å². The number of non-ortho nitro benzene ring substituents is 1. The quantitative estimate of drug-likeness (QED) is 0.389. The lowest BCUT2D eigenvalue weighted by molar-refractivity contribution is -0.382. The molecule has 0 aliphatic heterocycles. The fraction of sp³-hybridized carbons (Fsp3) is 0.0769. The zero-order valence-electron chi connectivity index (χ0n) is 10.3. The van der Waals surface area contributed by atoms with E-state index in [-0.39, 0.29) is 22.1 Å². The van der Waals surface area contributed by atoms with Gasteiger partial charge < -0.3 is 0 Å². The van der Waals surface area contributed by atoms with E-state index in [4.69, 9.17) is 0 Å². The lowest BCUT2D eigenvalue weighted by Crippen LogP contribution is -2.08. The topological polar surface area (TPSA) is 68.9 Å². The van der Waals surface area contributed by atoms with E-state index in [2.05, 4.69) is 9.97 Å². The van der Waals surface area contributed by atoms with Crippen LogP contribution in [-0.4, -0.2) is 14.9 Å². The lowest BCUT2D eigenvalue weighted by Gasteiger charge is -2.08. The van der Waals surface area contributed by atoms with Gasteiger partial charge in [0.15, 0.2) is 0 Å². The first-order valence-electron chi connectivity index (χ1n) is 5.78. The van der Waals surface area contributed by atoms with Gasteiger partial charge in [0.25, 0.3) is 5.69 Å². The summed E-state index contributed by atoms with van der Waals surface area (Å²) in [6.45, 7) is 0. The molecular weight excluding hydrogens is 287 g/mol. The van der Waals surface area contributed by atoms with Crippen molar-refractivity contribution in [2.45, 2.75) is 6.18 Å². The number of hydrogen-bond donors (Lipinski definition) is 0. The molecule has 0 unspecified atom stereocenters. The Labute approximate surface area is 115 Å². The van der Waals surface area contributed by atoms with E-state index in [0.29, 0.717) is 5.39 Å². The molecule has 5 nitrogen and oxygen atoms in total. The second-order valence-corrected chi connectivity index (χ2v) is 4.32. The Morgan fingerprint density at radius 3 is 2.57 bits per heavy atom. The molecule has 0 saturated heterocycles.